The van der Waals surface area contributed by atoms with Crippen molar-refractivity contribution < 1.29 is 44.7 Å². The highest BCUT2D eigenvalue weighted by Gasteiger charge is 2.38. The highest BCUT2D eigenvalue weighted by Crippen LogP contribution is 2.43. The summed E-state index contributed by atoms with van der Waals surface area (Å²) >= 11 is 0. The molecule has 0 spiro atoms. The fourth-order valence-corrected chi connectivity index (χ4v) is 2.05. The standard InChI is InChI=1S/C19H29NO3/c1-12(2)7-14-11-20-6-5-13-8-18(22-3)19(23-4)9-15(13)16(20)10-17(14)21/h8-9,12,14,16-17,21H,5-7,10-11H2,1-4H3/i1D3,4D3,5D2,6D2,7D2,8D,9D,10D2,11D2,12D,14D,16D,17D. The maximum atomic E-state index is 11.5. The summed E-state index contributed by atoms with van der Waals surface area (Å²) in [6.45, 7) is -12.1. The van der Waals surface area contributed by atoms with Gasteiger partial charge in [-0.3, -0.25) is 4.90 Å². The third kappa shape index (κ3) is 3.20. The molecule has 0 aliphatic carbocycles. The quantitative estimate of drug-likeness (QED) is 0.914. The van der Waals surface area contributed by atoms with Crippen molar-refractivity contribution in [1.29, 1.82) is 0 Å². The summed E-state index contributed by atoms with van der Waals surface area (Å²) < 4.78 is 194. The number of aliphatic hydroxyl groups is 1. The first-order valence-electron chi connectivity index (χ1n) is 17.4. The van der Waals surface area contributed by atoms with Gasteiger partial charge in [-0.15, -0.1) is 0 Å². The predicted molar refractivity (Wildman–Crippen MR) is 91.1 cm³/mol. The van der Waals surface area contributed by atoms with Crippen LogP contribution < -0.4 is 9.47 Å². The Bertz CT molecular complexity index is 1400. The van der Waals surface area contributed by atoms with Crippen LogP contribution in [-0.4, -0.2) is 43.2 Å². The van der Waals surface area contributed by atoms with Crippen LogP contribution in [0.2, 0.25) is 0 Å². The van der Waals surface area contributed by atoms with Crippen LogP contribution in [0.4, 0.5) is 0 Å². The molecular weight excluding hydrogens is 290 g/mol. The van der Waals surface area contributed by atoms with Crippen LogP contribution >= 0.6 is 0 Å². The van der Waals surface area contributed by atoms with Gasteiger partial charge in [-0.25, -0.2) is 0 Å². The van der Waals surface area contributed by atoms with Crippen molar-refractivity contribution >= 4 is 0 Å². The second kappa shape index (κ2) is 6.70. The van der Waals surface area contributed by atoms with Gasteiger partial charge in [-0.1, -0.05) is 13.8 Å². The zero-order chi connectivity index (χ0) is 36.0. The Morgan fingerprint density at radius 3 is 3.17 bits per heavy atom. The number of hydrogen-bond donors (Lipinski definition) is 1. The highest BCUT2D eigenvalue weighted by atomic mass is 16.5. The van der Waals surface area contributed by atoms with Gasteiger partial charge in [0.25, 0.3) is 0 Å². The van der Waals surface area contributed by atoms with Gasteiger partial charge in [0.05, 0.1) is 29.8 Å². The van der Waals surface area contributed by atoms with E-state index in [9.17, 15) is 6.48 Å². The lowest BCUT2D eigenvalue weighted by molar-refractivity contribution is -0.0191. The molecule has 4 atom stereocenters. The van der Waals surface area contributed by atoms with Crippen LogP contribution in [0.15, 0.2) is 12.1 Å². The van der Waals surface area contributed by atoms with Gasteiger partial charge in [0.2, 0.25) is 0 Å². The molecule has 4 nitrogen and oxygen atoms in total. The van der Waals surface area contributed by atoms with Crippen molar-refractivity contribution in [1.82, 2.24) is 4.90 Å². The Kier molecular flexibility index (Phi) is 1.30. The molecule has 1 aromatic rings. The average Bonchev–Trinajstić information content (AvgIpc) is 2.81. The molecule has 4 heteroatoms. The number of ether oxygens (including phenoxy) is 2. The Hall–Kier alpha value is -1.26. The largest absolute Gasteiger partial charge is 0.493 e. The molecular formula is C19H29NO3. The number of hydrogen-bond acceptors (Lipinski definition) is 4. The molecule has 1 aromatic carbocycles. The minimum absolute atomic E-state index is 0.332. The van der Waals surface area contributed by atoms with E-state index in [1.165, 1.54) is 0 Å². The molecule has 0 saturated carbocycles. The van der Waals surface area contributed by atoms with E-state index in [1.807, 2.05) is 0 Å². The normalized spacial score (nSPS) is 64.1. The van der Waals surface area contributed by atoms with E-state index >= 15 is 0 Å². The molecule has 1 saturated heterocycles. The minimum atomic E-state index is -4.70. The SMILES string of the molecule is [2H]c1c(OC)c(OC([2H])([2H])[2H])c([2H])c2c1C([2H])([2H])C([2H])([2H])N1C([2H])([2H])C([2H])(C([2H])([2H])C([2H])(C)C([2H])([2H])[2H])C([2H])(O)C([2H])([2H])C21[2H]. The molecule has 2 aliphatic rings. The summed E-state index contributed by atoms with van der Waals surface area (Å²) in [7, 11) is -2.63. The Morgan fingerprint density at radius 1 is 1.61 bits per heavy atom. The highest BCUT2D eigenvalue weighted by molar-refractivity contribution is 5.49. The van der Waals surface area contributed by atoms with Crippen LogP contribution in [0.5, 0.6) is 11.5 Å². The van der Waals surface area contributed by atoms with Gasteiger partial charge in [-0.2, -0.15) is 0 Å². The second-order valence-electron chi connectivity index (χ2n) is 4.60. The predicted octanol–water partition coefficient (Wildman–Crippen LogP) is 3.03. The molecule has 128 valence electrons. The smallest absolute Gasteiger partial charge is 0.161 e. The van der Waals surface area contributed by atoms with Gasteiger partial charge in [0.15, 0.2) is 11.5 Å². The fourth-order valence-electron chi connectivity index (χ4n) is 2.05. The molecule has 3 rings (SSSR count). The molecule has 1 fully saturated rings. The molecule has 0 bridgehead atoms. The van der Waals surface area contributed by atoms with E-state index in [4.69, 9.17) is 38.3 Å². The first-order valence-corrected chi connectivity index (χ1v) is 6.42. The number of nitrogens with zero attached hydrogens (tertiary/aromatic N) is 1. The molecule has 2 aliphatic heterocycles. The third-order valence-corrected chi connectivity index (χ3v) is 3.00. The molecule has 4 unspecified atom stereocenters. The lowest BCUT2D eigenvalue weighted by Crippen LogP contribution is -2.48. The van der Waals surface area contributed by atoms with Crippen molar-refractivity contribution in [2.24, 2.45) is 11.8 Å². The fraction of sp³-hybridized carbons (Fsp3) is 0.684. The third-order valence-electron chi connectivity index (χ3n) is 3.00. The maximum absolute atomic E-state index is 11.5. The van der Waals surface area contributed by atoms with Crippen LogP contribution in [0.1, 0.15) is 73.8 Å². The zero-order valence-electron chi connectivity index (χ0n) is 34.2. The topological polar surface area (TPSA) is 41.9 Å². The van der Waals surface area contributed by atoms with Gasteiger partial charge in [0, 0.05) is 39.6 Å². The lowest BCUT2D eigenvalue weighted by atomic mass is 9.79. The monoisotopic (exact) mass is 341 g/mol. The summed E-state index contributed by atoms with van der Waals surface area (Å²) in [5.41, 5.74) is -2.93. The molecule has 23 heavy (non-hydrogen) atoms. The Labute approximate surface area is 170 Å². The van der Waals surface area contributed by atoms with Gasteiger partial charge >= 0.3 is 0 Å². The number of rotatable bonds is 4. The van der Waals surface area contributed by atoms with Crippen molar-refractivity contribution in [3.63, 3.8) is 0 Å². The second-order valence-corrected chi connectivity index (χ2v) is 4.60. The average molecular weight is 342 g/mol. The number of fused-ring (bicyclic) bond motifs is 3. The van der Waals surface area contributed by atoms with Gasteiger partial charge in [0.1, 0.15) is 0 Å². The molecule has 0 radical (unpaired) electrons. The van der Waals surface area contributed by atoms with Crippen LogP contribution in [-0.2, 0) is 6.37 Å². The molecule has 0 amide bonds. The van der Waals surface area contributed by atoms with E-state index in [1.54, 1.807) is 0 Å². The summed E-state index contributed by atoms with van der Waals surface area (Å²) in [5.74, 6) is -10.5. The van der Waals surface area contributed by atoms with Crippen molar-refractivity contribution in [2.45, 2.75) is 45.0 Å². The lowest BCUT2D eigenvalue weighted by Gasteiger charge is -2.46. The molecule has 0 aromatic heterocycles. The van der Waals surface area contributed by atoms with Crippen molar-refractivity contribution in [2.75, 3.05) is 27.1 Å². The maximum Gasteiger partial charge on any atom is 0.161 e. The summed E-state index contributed by atoms with van der Waals surface area (Å²) in [4.78, 5) is -0.720. The van der Waals surface area contributed by atoms with Crippen LogP contribution in [0.3, 0.4) is 0 Å². The van der Waals surface area contributed by atoms with Crippen molar-refractivity contribution in [3.05, 3.63) is 23.2 Å². The van der Waals surface area contributed by atoms with Gasteiger partial charge in [-0.05, 0) is 54.1 Å². The van der Waals surface area contributed by atoms with E-state index in [0.29, 0.717) is 6.92 Å². The first kappa shape index (κ1) is 4.47. The van der Waals surface area contributed by atoms with E-state index in [2.05, 4.69) is 0 Å². The van der Waals surface area contributed by atoms with Crippen LogP contribution in [0.25, 0.3) is 0 Å². The number of piperidine rings is 1. The van der Waals surface area contributed by atoms with E-state index in [-0.39, 0.29) is 0 Å². The summed E-state index contributed by atoms with van der Waals surface area (Å²) in [5, 5.41) is 11.5. The number of methoxy groups -OCH3 is 2. The first-order chi connectivity index (χ1) is 19.5. The molecule has 2 heterocycles. The van der Waals surface area contributed by atoms with Crippen molar-refractivity contribution in [3.8, 4) is 11.5 Å². The van der Waals surface area contributed by atoms with Gasteiger partial charge < -0.3 is 14.6 Å². The van der Waals surface area contributed by atoms with Crippen LogP contribution in [0, 0.1) is 11.8 Å². The Morgan fingerprint density at radius 2 is 2.43 bits per heavy atom. The van der Waals surface area contributed by atoms with E-state index in [0.717, 1.165) is 7.11 Å². The molecule has 1 N–H and O–H groups in total. The Balaban J connectivity index is 2.72. The van der Waals surface area contributed by atoms with E-state index < -0.39 is 109 Å². The summed E-state index contributed by atoms with van der Waals surface area (Å²) in [6.07, 6.45) is -17.4. The summed E-state index contributed by atoms with van der Waals surface area (Å²) in [6, 6.07) is -6.94. The number of benzene rings is 1. The minimum Gasteiger partial charge on any atom is -0.493 e. The zero-order valence-corrected chi connectivity index (χ0v) is 12.2.